The molecule has 0 aromatic carbocycles. The van der Waals surface area contributed by atoms with E-state index in [1.807, 2.05) is 25.3 Å². The first kappa shape index (κ1) is 14.1. The van der Waals surface area contributed by atoms with Crippen LogP contribution in [-0.4, -0.2) is 40.9 Å². The third-order valence-electron chi connectivity index (χ3n) is 2.16. The standard InChI is InChI=1S/C12H20N2O2S/c1-4-16-10-6-5-7-13-11(10)14-8-12(2,15)9-17-3/h5-7,15H,4,8-9H2,1-3H3,(H,13,14). The highest BCUT2D eigenvalue weighted by atomic mass is 32.2. The monoisotopic (exact) mass is 256 g/mol. The molecule has 1 heterocycles. The van der Waals surface area contributed by atoms with Crippen molar-refractivity contribution in [2.75, 3.05) is 30.5 Å². The van der Waals surface area contributed by atoms with Gasteiger partial charge in [0, 0.05) is 18.5 Å². The number of anilines is 1. The van der Waals surface area contributed by atoms with Gasteiger partial charge in [-0.15, -0.1) is 0 Å². The average Bonchev–Trinajstić information content (AvgIpc) is 2.28. The van der Waals surface area contributed by atoms with Gasteiger partial charge < -0.3 is 15.2 Å². The summed E-state index contributed by atoms with van der Waals surface area (Å²) in [6.45, 7) is 4.78. The van der Waals surface area contributed by atoms with Gasteiger partial charge in [0.05, 0.1) is 12.2 Å². The van der Waals surface area contributed by atoms with E-state index in [0.29, 0.717) is 24.7 Å². The molecule has 1 unspecified atom stereocenters. The fourth-order valence-electron chi connectivity index (χ4n) is 1.43. The number of aliphatic hydroxyl groups is 1. The van der Waals surface area contributed by atoms with Crippen molar-refractivity contribution in [2.45, 2.75) is 19.4 Å². The van der Waals surface area contributed by atoms with Crippen LogP contribution in [0.4, 0.5) is 5.82 Å². The molecule has 0 aliphatic heterocycles. The van der Waals surface area contributed by atoms with Gasteiger partial charge in [-0.2, -0.15) is 11.8 Å². The molecule has 0 spiro atoms. The summed E-state index contributed by atoms with van der Waals surface area (Å²) < 4.78 is 5.45. The van der Waals surface area contributed by atoms with Crippen LogP contribution in [0.25, 0.3) is 0 Å². The second-order valence-electron chi connectivity index (χ2n) is 4.07. The quantitative estimate of drug-likeness (QED) is 0.781. The van der Waals surface area contributed by atoms with Crippen LogP contribution in [0.2, 0.25) is 0 Å². The summed E-state index contributed by atoms with van der Waals surface area (Å²) in [6.07, 6.45) is 3.68. The molecule has 0 saturated heterocycles. The number of hydrogen-bond donors (Lipinski definition) is 2. The van der Waals surface area contributed by atoms with Crippen LogP contribution in [0.5, 0.6) is 5.75 Å². The van der Waals surface area contributed by atoms with Crippen molar-refractivity contribution in [3.05, 3.63) is 18.3 Å². The maximum Gasteiger partial charge on any atom is 0.168 e. The Kier molecular flexibility index (Phi) is 5.58. The summed E-state index contributed by atoms with van der Waals surface area (Å²) in [7, 11) is 0. The Labute approximate surface area is 107 Å². The normalized spacial score (nSPS) is 14.1. The van der Waals surface area contributed by atoms with Crippen molar-refractivity contribution < 1.29 is 9.84 Å². The summed E-state index contributed by atoms with van der Waals surface area (Å²) in [4.78, 5) is 4.21. The van der Waals surface area contributed by atoms with Gasteiger partial charge in [0.15, 0.2) is 11.6 Å². The second-order valence-corrected chi connectivity index (χ2v) is 4.93. The van der Waals surface area contributed by atoms with Crippen LogP contribution in [0.1, 0.15) is 13.8 Å². The molecule has 0 radical (unpaired) electrons. The van der Waals surface area contributed by atoms with E-state index in [2.05, 4.69) is 10.3 Å². The van der Waals surface area contributed by atoms with Gasteiger partial charge in [-0.1, -0.05) is 0 Å². The van der Waals surface area contributed by atoms with Gasteiger partial charge in [0.25, 0.3) is 0 Å². The molecule has 1 rings (SSSR count). The van der Waals surface area contributed by atoms with Crippen molar-refractivity contribution in [1.82, 2.24) is 4.98 Å². The first-order chi connectivity index (χ1) is 8.09. The fraction of sp³-hybridized carbons (Fsp3) is 0.583. The number of ether oxygens (including phenoxy) is 1. The summed E-state index contributed by atoms with van der Waals surface area (Å²) in [5, 5.41) is 13.2. The molecule has 0 bridgehead atoms. The van der Waals surface area contributed by atoms with Crippen LogP contribution in [0, 0.1) is 0 Å². The van der Waals surface area contributed by atoms with Gasteiger partial charge in [-0.25, -0.2) is 4.98 Å². The smallest absolute Gasteiger partial charge is 0.168 e. The predicted octanol–water partition coefficient (Wildman–Crippen LogP) is 2.01. The largest absolute Gasteiger partial charge is 0.490 e. The lowest BCUT2D eigenvalue weighted by Gasteiger charge is -2.23. The Morgan fingerprint density at radius 1 is 1.59 bits per heavy atom. The van der Waals surface area contributed by atoms with Crippen molar-refractivity contribution in [1.29, 1.82) is 0 Å². The number of pyridine rings is 1. The van der Waals surface area contributed by atoms with Crippen molar-refractivity contribution in [3.8, 4) is 5.75 Å². The van der Waals surface area contributed by atoms with Gasteiger partial charge in [0.1, 0.15) is 0 Å². The lowest BCUT2D eigenvalue weighted by Crippen LogP contribution is -2.36. The molecule has 1 aromatic rings. The van der Waals surface area contributed by atoms with E-state index in [1.54, 1.807) is 24.9 Å². The van der Waals surface area contributed by atoms with Gasteiger partial charge >= 0.3 is 0 Å². The highest BCUT2D eigenvalue weighted by molar-refractivity contribution is 7.98. The summed E-state index contributed by atoms with van der Waals surface area (Å²) in [5.74, 6) is 2.07. The maximum absolute atomic E-state index is 10.0. The van der Waals surface area contributed by atoms with E-state index in [0.717, 1.165) is 5.75 Å². The molecule has 0 amide bonds. The maximum atomic E-state index is 10.0. The summed E-state index contributed by atoms with van der Waals surface area (Å²) in [5.41, 5.74) is -0.750. The molecular weight excluding hydrogens is 236 g/mol. The Bertz CT molecular complexity index is 345. The van der Waals surface area contributed by atoms with Crippen LogP contribution >= 0.6 is 11.8 Å². The molecule has 5 heteroatoms. The molecule has 0 aliphatic rings. The number of aromatic nitrogens is 1. The van der Waals surface area contributed by atoms with Gasteiger partial charge in [-0.05, 0) is 32.2 Å². The van der Waals surface area contributed by atoms with Crippen molar-refractivity contribution in [2.24, 2.45) is 0 Å². The van der Waals surface area contributed by atoms with E-state index >= 15 is 0 Å². The Hall–Kier alpha value is -0.940. The minimum Gasteiger partial charge on any atom is -0.490 e. The molecule has 0 aliphatic carbocycles. The van der Waals surface area contributed by atoms with Gasteiger partial charge in [-0.3, -0.25) is 0 Å². The molecule has 0 fully saturated rings. The number of thioether (sulfide) groups is 1. The van der Waals surface area contributed by atoms with Gasteiger partial charge in [0.2, 0.25) is 0 Å². The lowest BCUT2D eigenvalue weighted by molar-refractivity contribution is 0.0995. The highest BCUT2D eigenvalue weighted by Crippen LogP contribution is 2.21. The van der Waals surface area contributed by atoms with Crippen LogP contribution in [0.15, 0.2) is 18.3 Å². The molecule has 1 aromatic heterocycles. The number of rotatable bonds is 7. The molecule has 1 atom stereocenters. The Morgan fingerprint density at radius 3 is 3.00 bits per heavy atom. The van der Waals surface area contributed by atoms with E-state index < -0.39 is 5.60 Å². The molecule has 96 valence electrons. The van der Waals surface area contributed by atoms with E-state index in [1.165, 1.54) is 0 Å². The number of nitrogens with zero attached hydrogens (tertiary/aromatic N) is 1. The minimum absolute atomic E-state index is 0.449. The Morgan fingerprint density at radius 2 is 2.35 bits per heavy atom. The number of nitrogens with one attached hydrogen (secondary N) is 1. The third kappa shape index (κ3) is 4.83. The zero-order valence-corrected chi connectivity index (χ0v) is 11.4. The summed E-state index contributed by atoms with van der Waals surface area (Å²) in [6, 6.07) is 3.69. The molecule has 17 heavy (non-hydrogen) atoms. The summed E-state index contributed by atoms with van der Waals surface area (Å²) >= 11 is 1.62. The van der Waals surface area contributed by atoms with E-state index in [4.69, 9.17) is 4.74 Å². The van der Waals surface area contributed by atoms with Crippen LogP contribution < -0.4 is 10.1 Å². The molecule has 4 nitrogen and oxygen atoms in total. The molecular formula is C12H20N2O2S. The highest BCUT2D eigenvalue weighted by Gasteiger charge is 2.20. The van der Waals surface area contributed by atoms with Crippen LogP contribution in [-0.2, 0) is 0 Å². The van der Waals surface area contributed by atoms with Crippen molar-refractivity contribution >= 4 is 17.6 Å². The number of hydrogen-bond acceptors (Lipinski definition) is 5. The average molecular weight is 256 g/mol. The lowest BCUT2D eigenvalue weighted by atomic mass is 10.1. The van der Waals surface area contributed by atoms with E-state index in [9.17, 15) is 5.11 Å². The fourth-order valence-corrected chi connectivity index (χ4v) is 2.16. The molecule has 0 saturated carbocycles. The first-order valence-corrected chi connectivity index (χ1v) is 7.01. The Balaban J connectivity index is 2.62. The zero-order chi connectivity index (χ0) is 12.7. The SMILES string of the molecule is CCOc1cccnc1NCC(C)(O)CSC. The predicted molar refractivity (Wildman–Crippen MR) is 72.9 cm³/mol. The minimum atomic E-state index is -0.750. The van der Waals surface area contributed by atoms with Crippen molar-refractivity contribution in [3.63, 3.8) is 0 Å². The third-order valence-corrected chi connectivity index (χ3v) is 3.07. The first-order valence-electron chi connectivity index (χ1n) is 5.62. The topological polar surface area (TPSA) is 54.4 Å². The molecule has 2 N–H and O–H groups in total. The van der Waals surface area contributed by atoms with E-state index in [-0.39, 0.29) is 0 Å². The van der Waals surface area contributed by atoms with Crippen LogP contribution in [0.3, 0.4) is 0 Å². The second kappa shape index (κ2) is 6.71. The zero-order valence-electron chi connectivity index (χ0n) is 10.6.